The van der Waals surface area contributed by atoms with Gasteiger partial charge in [0.15, 0.2) is 0 Å². The van der Waals surface area contributed by atoms with Crippen molar-refractivity contribution in [2.75, 3.05) is 0 Å². The van der Waals surface area contributed by atoms with E-state index >= 15 is 0 Å². The first kappa shape index (κ1) is 45.4. The number of nitrogens with zero attached hydrogens (tertiary/aromatic N) is 6. The molecule has 84 heavy (non-hydrogen) atoms. The van der Waals surface area contributed by atoms with E-state index in [2.05, 4.69) is 319 Å². The van der Waals surface area contributed by atoms with Crippen LogP contribution >= 0.6 is 0 Å². The Morgan fingerprint density at radius 2 is 0.274 bits per heavy atom. The predicted octanol–water partition coefficient (Wildman–Crippen LogP) is 20.3. The molecule has 0 saturated carbocycles. The fourth-order valence-electron chi connectivity index (χ4n) is 14.8. The second kappa shape index (κ2) is 17.1. The van der Waals surface area contributed by atoms with Crippen LogP contribution in [0.4, 0.5) is 0 Å². The van der Waals surface area contributed by atoms with Crippen molar-refractivity contribution in [2.45, 2.75) is 0 Å². The summed E-state index contributed by atoms with van der Waals surface area (Å²) >= 11 is 0. The average molecular weight is 1070 g/mol. The van der Waals surface area contributed by atoms with Gasteiger partial charge in [-0.3, -0.25) is 0 Å². The minimum atomic E-state index is 1.09. The highest BCUT2D eigenvalue weighted by atomic mass is 15.1. The fraction of sp³-hybridized carbons (Fsp3) is 0. The third-order valence-corrected chi connectivity index (χ3v) is 18.2. The Bertz CT molecular complexity index is 5180. The lowest BCUT2D eigenvalue weighted by Crippen LogP contribution is -2.00. The van der Waals surface area contributed by atoms with Crippen molar-refractivity contribution in [1.82, 2.24) is 27.4 Å². The van der Waals surface area contributed by atoms with E-state index in [1.54, 1.807) is 0 Å². The second-order valence-electron chi connectivity index (χ2n) is 22.4. The molecule has 0 aliphatic carbocycles. The summed E-state index contributed by atoms with van der Waals surface area (Å²) in [5, 5.41) is 14.7. The zero-order valence-electron chi connectivity index (χ0n) is 45.4. The molecule has 0 spiro atoms. The number of rotatable bonds is 6. The summed E-state index contributed by atoms with van der Waals surface area (Å²) in [5.74, 6) is 0. The summed E-state index contributed by atoms with van der Waals surface area (Å²) in [7, 11) is 0. The number of aromatic nitrogens is 6. The monoisotopic (exact) mass is 1070 g/mol. The van der Waals surface area contributed by atoms with Gasteiger partial charge in [0.1, 0.15) is 0 Å². The molecular formula is C78H48N6. The summed E-state index contributed by atoms with van der Waals surface area (Å²) in [6.07, 6.45) is 0. The van der Waals surface area contributed by atoms with Gasteiger partial charge in [-0.05, 0) is 127 Å². The van der Waals surface area contributed by atoms with Crippen LogP contribution in [0.2, 0.25) is 0 Å². The van der Waals surface area contributed by atoms with Gasteiger partial charge in [0.2, 0.25) is 0 Å². The van der Waals surface area contributed by atoms with E-state index in [9.17, 15) is 0 Å². The molecule has 0 unspecified atom stereocenters. The lowest BCUT2D eigenvalue weighted by atomic mass is 10.0. The van der Waals surface area contributed by atoms with E-state index in [1.165, 1.54) is 114 Å². The minimum Gasteiger partial charge on any atom is -0.309 e. The molecule has 13 aromatic carbocycles. The molecule has 19 rings (SSSR count). The van der Waals surface area contributed by atoms with Crippen molar-refractivity contribution in [1.29, 1.82) is 0 Å². The van der Waals surface area contributed by atoms with Crippen LogP contribution in [0.15, 0.2) is 291 Å². The Hall–Kier alpha value is -11.3. The highest BCUT2D eigenvalue weighted by molar-refractivity contribution is 6.40. The molecule has 0 atom stereocenters. The van der Waals surface area contributed by atoms with Gasteiger partial charge in [-0.2, -0.15) is 0 Å². The SMILES string of the molecule is c1ccc2c(c1)c1ccccc1n2-c1ccc(-n2c3ccccc3c3c2c2c4ccccc4n(-c4ccc(-n5c6ccccc6c6ccccc65)cc4)c2c2c4ccccc4n(-c4ccc(-n5c6ccccc6c6ccccc65)cc4)c32)cc1. The summed E-state index contributed by atoms with van der Waals surface area (Å²) in [5.41, 5.74) is 20.8. The molecule has 0 aliphatic heterocycles. The van der Waals surface area contributed by atoms with Crippen LogP contribution in [0, 0.1) is 0 Å². The summed E-state index contributed by atoms with van der Waals surface area (Å²) in [6.45, 7) is 0. The molecule has 6 aromatic heterocycles. The molecular weight excluding hydrogens is 1020 g/mol. The maximum absolute atomic E-state index is 2.55. The molecule has 0 fully saturated rings. The zero-order valence-corrected chi connectivity index (χ0v) is 45.4. The summed E-state index contributed by atoms with van der Waals surface area (Å²) in [6, 6.07) is 108. The van der Waals surface area contributed by atoms with Crippen LogP contribution in [-0.4, -0.2) is 27.4 Å². The standard InChI is InChI=1S/C78H48N6/c1-10-28-64-55(19-1)56-20-2-11-29-65(56)79(64)49-37-43-52(44-38-49)82-70-34-16-7-25-61(70)73-76(82)74-62-26-8-17-35-71(62)83(53-45-39-50(40-46-53)80-66-30-12-3-21-57(66)58-22-4-13-31-67(58)80)78(74)75-63-27-9-18-36-72(63)84(77(73)75)54-47-41-51(42-48-54)81-68-32-14-5-23-59(68)60-24-6-15-33-69(60)81/h1-48H. The molecule has 0 amide bonds. The van der Waals surface area contributed by atoms with Gasteiger partial charge in [-0.25, -0.2) is 0 Å². The number of hydrogen-bond donors (Lipinski definition) is 0. The van der Waals surface area contributed by atoms with Crippen LogP contribution in [0.3, 0.4) is 0 Å². The average Bonchev–Trinajstić information content (AvgIpc) is 1.68. The molecule has 6 heteroatoms. The molecule has 6 nitrogen and oxygen atoms in total. The van der Waals surface area contributed by atoms with Gasteiger partial charge < -0.3 is 27.4 Å². The topological polar surface area (TPSA) is 29.6 Å². The molecule has 390 valence electrons. The molecule has 0 bridgehead atoms. The Morgan fingerprint density at radius 1 is 0.131 bits per heavy atom. The summed E-state index contributed by atoms with van der Waals surface area (Å²) in [4.78, 5) is 0. The lowest BCUT2D eigenvalue weighted by Gasteiger charge is -2.15. The van der Waals surface area contributed by atoms with Crippen LogP contribution < -0.4 is 0 Å². The van der Waals surface area contributed by atoms with Gasteiger partial charge >= 0.3 is 0 Å². The maximum Gasteiger partial charge on any atom is 0.0663 e. The first-order valence-electron chi connectivity index (χ1n) is 28.9. The van der Waals surface area contributed by atoms with E-state index in [4.69, 9.17) is 0 Å². The quantitative estimate of drug-likeness (QED) is 0.159. The van der Waals surface area contributed by atoms with Crippen molar-refractivity contribution in [3.63, 3.8) is 0 Å². The molecule has 6 heterocycles. The van der Waals surface area contributed by atoms with Crippen LogP contribution in [0.25, 0.3) is 165 Å². The highest BCUT2D eigenvalue weighted by Gasteiger charge is 2.29. The molecule has 0 N–H and O–H groups in total. The highest BCUT2D eigenvalue weighted by Crippen LogP contribution is 2.51. The van der Waals surface area contributed by atoms with Gasteiger partial charge in [0.05, 0.1) is 66.2 Å². The number of hydrogen-bond acceptors (Lipinski definition) is 0. The molecule has 19 aromatic rings. The van der Waals surface area contributed by atoms with E-state index in [0.29, 0.717) is 0 Å². The third-order valence-electron chi connectivity index (χ3n) is 18.2. The molecule has 0 aliphatic rings. The van der Waals surface area contributed by atoms with E-state index in [-0.39, 0.29) is 0 Å². The van der Waals surface area contributed by atoms with Gasteiger partial charge in [-0.15, -0.1) is 0 Å². The fourth-order valence-corrected chi connectivity index (χ4v) is 14.8. The van der Waals surface area contributed by atoms with Gasteiger partial charge in [-0.1, -0.05) is 164 Å². The van der Waals surface area contributed by atoms with Crippen molar-refractivity contribution in [3.05, 3.63) is 291 Å². The van der Waals surface area contributed by atoms with Gasteiger partial charge in [0.25, 0.3) is 0 Å². The largest absolute Gasteiger partial charge is 0.309 e. The van der Waals surface area contributed by atoms with Crippen molar-refractivity contribution in [2.24, 2.45) is 0 Å². The molecule has 0 radical (unpaired) electrons. The lowest BCUT2D eigenvalue weighted by molar-refractivity contribution is 1.14. The van der Waals surface area contributed by atoms with Crippen LogP contribution in [0.1, 0.15) is 0 Å². The zero-order chi connectivity index (χ0) is 54.7. The Labute approximate surface area is 480 Å². The Kier molecular flexibility index (Phi) is 9.24. The number of para-hydroxylation sites is 9. The second-order valence-corrected chi connectivity index (χ2v) is 22.4. The predicted molar refractivity (Wildman–Crippen MR) is 352 cm³/mol. The normalized spacial score (nSPS) is 12.3. The van der Waals surface area contributed by atoms with E-state index < -0.39 is 0 Å². The van der Waals surface area contributed by atoms with Gasteiger partial charge in [0, 0.05) is 98.8 Å². The van der Waals surface area contributed by atoms with E-state index in [0.717, 1.165) is 50.7 Å². The maximum atomic E-state index is 2.55. The number of benzene rings is 13. The Balaban J connectivity index is 0.922. The first-order valence-corrected chi connectivity index (χ1v) is 28.9. The molecule has 0 saturated heterocycles. The van der Waals surface area contributed by atoms with Crippen molar-refractivity contribution in [3.8, 4) is 34.1 Å². The Morgan fingerprint density at radius 3 is 0.464 bits per heavy atom. The smallest absolute Gasteiger partial charge is 0.0663 e. The van der Waals surface area contributed by atoms with Crippen molar-refractivity contribution >= 4 is 131 Å². The summed E-state index contributed by atoms with van der Waals surface area (Å²) < 4.78 is 14.9. The van der Waals surface area contributed by atoms with Crippen molar-refractivity contribution < 1.29 is 0 Å². The van der Waals surface area contributed by atoms with E-state index in [1.807, 2.05) is 0 Å². The minimum absolute atomic E-state index is 1.09. The number of fused-ring (bicyclic) bond motifs is 21. The third kappa shape index (κ3) is 6.07. The van der Waals surface area contributed by atoms with Crippen LogP contribution in [-0.2, 0) is 0 Å². The first-order chi connectivity index (χ1) is 41.7. The van der Waals surface area contributed by atoms with Crippen LogP contribution in [0.5, 0.6) is 0 Å².